The van der Waals surface area contributed by atoms with E-state index in [-0.39, 0.29) is 5.91 Å². The number of aromatic nitrogens is 4. The summed E-state index contributed by atoms with van der Waals surface area (Å²) in [4.78, 5) is 27.5. The molecule has 1 amide bonds. The van der Waals surface area contributed by atoms with Crippen LogP contribution in [-0.4, -0.2) is 67.7 Å². The quantitative estimate of drug-likeness (QED) is 0.619. The minimum Gasteiger partial charge on any atom is -0.336 e. The van der Waals surface area contributed by atoms with Crippen molar-refractivity contribution in [1.82, 2.24) is 29.5 Å². The fourth-order valence-corrected chi connectivity index (χ4v) is 5.20. The van der Waals surface area contributed by atoms with Gasteiger partial charge in [0.15, 0.2) is 0 Å². The third-order valence-electron chi connectivity index (χ3n) is 7.31. The highest BCUT2D eigenvalue weighted by Crippen LogP contribution is 2.43. The first-order valence-corrected chi connectivity index (χ1v) is 12.2. The first kappa shape index (κ1) is 20.5. The van der Waals surface area contributed by atoms with E-state index in [4.69, 9.17) is 4.98 Å². The average molecular weight is 443 g/mol. The molecular weight excluding hydrogens is 412 g/mol. The summed E-state index contributed by atoms with van der Waals surface area (Å²) in [5.74, 6) is 1.02. The standard InChI is InChI=1S/C26H30N6O/c1-17(2)30-11-13-31(14-12-30)25(33)22-16-28-32(24(22)19-8-9-19)26-27-15-20-10-7-18-5-3-4-6-21(18)23(20)29-26/h3-6,15-17,19H,7-14H2,1-2H3. The monoisotopic (exact) mass is 442 g/mol. The summed E-state index contributed by atoms with van der Waals surface area (Å²) < 4.78 is 1.83. The molecule has 3 heterocycles. The van der Waals surface area contributed by atoms with E-state index >= 15 is 0 Å². The molecule has 0 bridgehead atoms. The lowest BCUT2D eigenvalue weighted by molar-refractivity contribution is 0.0594. The van der Waals surface area contributed by atoms with Crippen LogP contribution >= 0.6 is 0 Å². The lowest BCUT2D eigenvalue weighted by atomic mass is 9.90. The Hall–Kier alpha value is -3.06. The van der Waals surface area contributed by atoms with E-state index in [1.807, 2.05) is 15.8 Å². The first-order valence-electron chi connectivity index (χ1n) is 12.2. The minimum absolute atomic E-state index is 0.0925. The number of aryl methyl sites for hydroxylation is 2. The van der Waals surface area contributed by atoms with Gasteiger partial charge in [-0.15, -0.1) is 0 Å². The van der Waals surface area contributed by atoms with Gasteiger partial charge in [0, 0.05) is 49.9 Å². The van der Waals surface area contributed by atoms with Crippen molar-refractivity contribution in [2.24, 2.45) is 0 Å². The number of fused-ring (bicyclic) bond motifs is 3. The van der Waals surface area contributed by atoms with Gasteiger partial charge >= 0.3 is 0 Å². The molecule has 0 atom stereocenters. The predicted octanol–water partition coefficient (Wildman–Crippen LogP) is 3.47. The van der Waals surface area contributed by atoms with E-state index in [1.54, 1.807) is 6.20 Å². The molecule has 1 aliphatic heterocycles. The largest absolute Gasteiger partial charge is 0.336 e. The lowest BCUT2D eigenvalue weighted by Crippen LogP contribution is -2.50. The van der Waals surface area contributed by atoms with Crippen LogP contribution in [0.3, 0.4) is 0 Å². The maximum Gasteiger partial charge on any atom is 0.257 e. The van der Waals surface area contributed by atoms with Crippen LogP contribution in [0.2, 0.25) is 0 Å². The molecule has 6 rings (SSSR count). The summed E-state index contributed by atoms with van der Waals surface area (Å²) in [5.41, 5.74) is 6.39. The Balaban J connectivity index is 1.34. The Morgan fingerprint density at radius 3 is 2.52 bits per heavy atom. The highest BCUT2D eigenvalue weighted by Gasteiger charge is 2.36. The Labute approximate surface area is 194 Å². The number of nitrogens with zero attached hydrogens (tertiary/aromatic N) is 6. The molecule has 3 aromatic rings. The molecule has 7 heteroatoms. The molecule has 1 saturated heterocycles. The van der Waals surface area contributed by atoms with E-state index in [2.05, 4.69) is 53.1 Å². The topological polar surface area (TPSA) is 67.2 Å². The van der Waals surface area contributed by atoms with Crippen molar-refractivity contribution in [1.29, 1.82) is 0 Å². The Morgan fingerprint density at radius 2 is 1.76 bits per heavy atom. The number of benzene rings is 1. The summed E-state index contributed by atoms with van der Waals surface area (Å²) >= 11 is 0. The maximum absolute atomic E-state index is 13.5. The third-order valence-corrected chi connectivity index (χ3v) is 7.31. The van der Waals surface area contributed by atoms with Crippen molar-refractivity contribution < 1.29 is 4.79 Å². The summed E-state index contributed by atoms with van der Waals surface area (Å²) in [6, 6.07) is 8.98. The van der Waals surface area contributed by atoms with E-state index in [0.717, 1.165) is 68.8 Å². The SMILES string of the molecule is CC(C)N1CCN(C(=O)c2cnn(-c3ncc4c(n3)-c3ccccc3CC4)c2C2CC2)CC1. The van der Waals surface area contributed by atoms with E-state index in [0.29, 0.717) is 17.9 Å². The molecule has 2 fully saturated rings. The van der Waals surface area contributed by atoms with Crippen LogP contribution in [-0.2, 0) is 12.8 Å². The van der Waals surface area contributed by atoms with Gasteiger partial charge in [0.05, 0.1) is 23.1 Å². The van der Waals surface area contributed by atoms with Gasteiger partial charge in [-0.2, -0.15) is 5.10 Å². The molecular formula is C26H30N6O. The van der Waals surface area contributed by atoms with Gasteiger partial charge in [0.1, 0.15) is 0 Å². The molecule has 2 aliphatic carbocycles. The number of amides is 1. The van der Waals surface area contributed by atoms with Crippen molar-refractivity contribution in [3.05, 3.63) is 59.0 Å². The van der Waals surface area contributed by atoms with Crippen LogP contribution in [0.5, 0.6) is 0 Å². The van der Waals surface area contributed by atoms with Crippen molar-refractivity contribution in [2.45, 2.75) is 51.5 Å². The number of carbonyl (C=O) groups is 1. The van der Waals surface area contributed by atoms with Crippen LogP contribution in [0.4, 0.5) is 0 Å². The van der Waals surface area contributed by atoms with Crippen LogP contribution in [0, 0.1) is 0 Å². The molecule has 0 N–H and O–H groups in total. The second kappa shape index (κ2) is 8.06. The van der Waals surface area contributed by atoms with Gasteiger partial charge in [-0.1, -0.05) is 24.3 Å². The zero-order valence-corrected chi connectivity index (χ0v) is 19.4. The average Bonchev–Trinajstić information content (AvgIpc) is 3.60. The normalized spacial score (nSPS) is 18.3. The van der Waals surface area contributed by atoms with Crippen LogP contribution in [0.1, 0.15) is 59.8 Å². The third kappa shape index (κ3) is 3.64. The number of carbonyl (C=O) groups excluding carboxylic acids is 1. The van der Waals surface area contributed by atoms with Crippen molar-refractivity contribution in [3.8, 4) is 17.2 Å². The van der Waals surface area contributed by atoms with E-state index in [9.17, 15) is 4.79 Å². The number of rotatable bonds is 4. The van der Waals surface area contributed by atoms with Gasteiger partial charge in [-0.3, -0.25) is 9.69 Å². The zero-order valence-electron chi connectivity index (χ0n) is 19.4. The highest BCUT2D eigenvalue weighted by atomic mass is 16.2. The van der Waals surface area contributed by atoms with Crippen LogP contribution in [0.15, 0.2) is 36.7 Å². The summed E-state index contributed by atoms with van der Waals surface area (Å²) in [6.07, 6.45) is 7.82. The van der Waals surface area contributed by atoms with Crippen LogP contribution in [0.25, 0.3) is 17.2 Å². The fourth-order valence-electron chi connectivity index (χ4n) is 5.20. The molecule has 0 unspecified atom stereocenters. The molecule has 1 aromatic carbocycles. The highest BCUT2D eigenvalue weighted by molar-refractivity contribution is 5.95. The number of hydrogen-bond acceptors (Lipinski definition) is 5. The predicted molar refractivity (Wildman–Crippen MR) is 127 cm³/mol. The summed E-state index contributed by atoms with van der Waals surface area (Å²) in [6.45, 7) is 7.79. The second-order valence-electron chi connectivity index (χ2n) is 9.75. The molecule has 33 heavy (non-hydrogen) atoms. The van der Waals surface area contributed by atoms with Crippen LogP contribution < -0.4 is 0 Å². The molecule has 170 valence electrons. The summed E-state index contributed by atoms with van der Waals surface area (Å²) in [7, 11) is 0. The molecule has 1 saturated carbocycles. The molecule has 7 nitrogen and oxygen atoms in total. The van der Waals surface area contributed by atoms with Crippen molar-refractivity contribution in [3.63, 3.8) is 0 Å². The van der Waals surface area contributed by atoms with Crippen molar-refractivity contribution >= 4 is 5.91 Å². The fraction of sp³-hybridized carbons (Fsp3) is 0.462. The van der Waals surface area contributed by atoms with Gasteiger partial charge in [-0.25, -0.2) is 14.6 Å². The molecule has 2 aromatic heterocycles. The molecule has 3 aliphatic rings. The van der Waals surface area contributed by atoms with E-state index < -0.39 is 0 Å². The zero-order chi connectivity index (χ0) is 22.5. The molecule has 0 radical (unpaired) electrons. The summed E-state index contributed by atoms with van der Waals surface area (Å²) in [5, 5.41) is 4.65. The number of piperazine rings is 1. The lowest BCUT2D eigenvalue weighted by Gasteiger charge is -2.36. The Morgan fingerprint density at radius 1 is 1.00 bits per heavy atom. The van der Waals surface area contributed by atoms with Gasteiger partial charge in [-0.05, 0) is 50.7 Å². The van der Waals surface area contributed by atoms with Gasteiger partial charge in [0.25, 0.3) is 11.9 Å². The number of hydrogen-bond donors (Lipinski definition) is 0. The minimum atomic E-state index is 0.0925. The smallest absolute Gasteiger partial charge is 0.257 e. The van der Waals surface area contributed by atoms with Crippen molar-refractivity contribution in [2.75, 3.05) is 26.2 Å². The molecule has 0 spiro atoms. The van der Waals surface area contributed by atoms with Gasteiger partial charge < -0.3 is 4.90 Å². The Kier molecular flexibility index (Phi) is 5.02. The Bertz CT molecular complexity index is 1200. The van der Waals surface area contributed by atoms with Gasteiger partial charge in [0.2, 0.25) is 0 Å². The van der Waals surface area contributed by atoms with E-state index in [1.165, 1.54) is 16.7 Å². The maximum atomic E-state index is 13.5. The second-order valence-corrected chi connectivity index (χ2v) is 9.75. The first-order chi connectivity index (χ1) is 16.1.